The minimum atomic E-state index is -4.46. The molecule has 0 spiro atoms. The molecule has 0 fully saturated rings. The van der Waals surface area contributed by atoms with E-state index in [0.29, 0.717) is 0 Å². The third-order valence-corrected chi connectivity index (χ3v) is 6.13. The molecule has 0 heterocycles. The standard InChI is InChI=1S/C12H10N2O6S2/c15-14(16)10-5-4-8-12(9-10)22(19,20)13-21(17,18)11-6-2-1-3-7-11/h1-9,13H. The Kier molecular flexibility index (Phi) is 4.26. The molecule has 2 rings (SSSR count). The molecule has 0 atom stereocenters. The number of hydrogen-bond acceptors (Lipinski definition) is 6. The molecule has 8 nitrogen and oxygen atoms in total. The zero-order valence-electron chi connectivity index (χ0n) is 10.9. The van der Waals surface area contributed by atoms with Crippen molar-refractivity contribution in [3.05, 3.63) is 64.7 Å². The van der Waals surface area contributed by atoms with E-state index in [2.05, 4.69) is 0 Å². The fourth-order valence-electron chi connectivity index (χ4n) is 1.60. The summed E-state index contributed by atoms with van der Waals surface area (Å²) in [6.45, 7) is 0. The minimum absolute atomic E-state index is 0.232. The highest BCUT2D eigenvalue weighted by Crippen LogP contribution is 2.19. The van der Waals surface area contributed by atoms with Gasteiger partial charge in [-0.05, 0) is 18.2 Å². The molecule has 0 bridgehead atoms. The van der Waals surface area contributed by atoms with Gasteiger partial charge in [-0.15, -0.1) is 4.13 Å². The molecule has 0 radical (unpaired) electrons. The first-order valence-corrected chi connectivity index (χ1v) is 8.77. The van der Waals surface area contributed by atoms with Crippen LogP contribution in [0.15, 0.2) is 64.4 Å². The Hall–Kier alpha value is -2.30. The summed E-state index contributed by atoms with van der Waals surface area (Å²) in [6, 6.07) is 11.0. The summed E-state index contributed by atoms with van der Waals surface area (Å²) in [6.07, 6.45) is 0. The fraction of sp³-hybridized carbons (Fsp3) is 0. The number of nitro groups is 1. The van der Waals surface area contributed by atoms with E-state index < -0.39 is 35.6 Å². The molecule has 0 aliphatic rings. The van der Waals surface area contributed by atoms with Crippen molar-refractivity contribution in [1.82, 2.24) is 4.13 Å². The van der Waals surface area contributed by atoms with Gasteiger partial charge in [0.15, 0.2) is 0 Å². The third-order valence-electron chi connectivity index (χ3n) is 2.61. The van der Waals surface area contributed by atoms with Crippen molar-refractivity contribution >= 4 is 25.7 Å². The molecule has 1 N–H and O–H groups in total. The van der Waals surface area contributed by atoms with Gasteiger partial charge in [-0.3, -0.25) is 10.1 Å². The van der Waals surface area contributed by atoms with Crippen LogP contribution in [0.3, 0.4) is 0 Å². The van der Waals surface area contributed by atoms with E-state index in [4.69, 9.17) is 0 Å². The topological polar surface area (TPSA) is 123 Å². The van der Waals surface area contributed by atoms with E-state index in [-0.39, 0.29) is 4.90 Å². The van der Waals surface area contributed by atoms with Crippen molar-refractivity contribution in [2.24, 2.45) is 0 Å². The number of nitro benzene ring substituents is 1. The normalized spacial score (nSPS) is 12.0. The van der Waals surface area contributed by atoms with Crippen molar-refractivity contribution in [2.45, 2.75) is 9.79 Å². The largest absolute Gasteiger partial charge is 0.270 e. The lowest BCUT2D eigenvalue weighted by Gasteiger charge is -2.07. The van der Waals surface area contributed by atoms with Gasteiger partial charge in [-0.25, -0.2) is 16.8 Å². The lowest BCUT2D eigenvalue weighted by atomic mass is 10.3. The summed E-state index contributed by atoms with van der Waals surface area (Å²) in [5.41, 5.74) is -0.458. The molecule has 0 aromatic heterocycles. The smallest absolute Gasteiger partial charge is 0.258 e. The van der Waals surface area contributed by atoms with Crippen LogP contribution in [0.1, 0.15) is 0 Å². The van der Waals surface area contributed by atoms with Crippen molar-refractivity contribution in [1.29, 1.82) is 0 Å². The summed E-state index contributed by atoms with van der Waals surface area (Å²) in [5.74, 6) is 0. The molecule has 22 heavy (non-hydrogen) atoms. The van der Waals surface area contributed by atoms with E-state index >= 15 is 0 Å². The van der Waals surface area contributed by atoms with Gasteiger partial charge in [0.1, 0.15) is 0 Å². The first-order valence-electron chi connectivity index (χ1n) is 5.80. The molecule has 0 amide bonds. The zero-order valence-corrected chi connectivity index (χ0v) is 12.5. The second-order valence-corrected chi connectivity index (χ2v) is 7.78. The number of rotatable bonds is 5. The molecule has 0 aliphatic heterocycles. The quantitative estimate of drug-likeness (QED) is 0.644. The molecule has 2 aromatic carbocycles. The molecular weight excluding hydrogens is 332 g/mol. The lowest BCUT2D eigenvalue weighted by molar-refractivity contribution is -0.385. The lowest BCUT2D eigenvalue weighted by Crippen LogP contribution is -2.30. The number of nitrogens with zero attached hydrogens (tertiary/aromatic N) is 1. The molecule has 116 valence electrons. The highest BCUT2D eigenvalue weighted by molar-refractivity contribution is 8.04. The summed E-state index contributed by atoms with van der Waals surface area (Å²) in [5, 5.41) is 10.7. The van der Waals surface area contributed by atoms with Crippen LogP contribution in [-0.2, 0) is 20.0 Å². The Morgan fingerprint density at radius 3 is 1.95 bits per heavy atom. The average molecular weight is 342 g/mol. The Morgan fingerprint density at radius 2 is 1.36 bits per heavy atom. The predicted molar refractivity (Wildman–Crippen MR) is 77.0 cm³/mol. The zero-order chi connectivity index (χ0) is 16.4. The van der Waals surface area contributed by atoms with E-state index in [1.807, 2.05) is 0 Å². The fourth-order valence-corrected chi connectivity index (χ4v) is 4.58. The Labute approximate surface area is 126 Å². The molecule has 0 unspecified atom stereocenters. The molecule has 0 saturated carbocycles. The van der Waals surface area contributed by atoms with Crippen molar-refractivity contribution in [3.8, 4) is 0 Å². The van der Waals surface area contributed by atoms with Crippen molar-refractivity contribution in [3.63, 3.8) is 0 Å². The maximum Gasteiger partial charge on any atom is 0.270 e. The SMILES string of the molecule is O=[N+]([O-])c1cccc(S(=O)(=O)NS(=O)(=O)c2ccccc2)c1. The Balaban J connectivity index is 2.40. The van der Waals surface area contributed by atoms with Gasteiger partial charge >= 0.3 is 0 Å². The van der Waals surface area contributed by atoms with Crippen LogP contribution >= 0.6 is 0 Å². The van der Waals surface area contributed by atoms with E-state index in [1.165, 1.54) is 24.3 Å². The van der Waals surface area contributed by atoms with Crippen LogP contribution in [0, 0.1) is 10.1 Å². The average Bonchev–Trinajstić information content (AvgIpc) is 2.47. The summed E-state index contributed by atoms with van der Waals surface area (Å²) >= 11 is 0. The first-order chi connectivity index (χ1) is 10.2. The Bertz CT molecular complexity index is 908. The van der Waals surface area contributed by atoms with Gasteiger partial charge < -0.3 is 0 Å². The highest BCUT2D eigenvalue weighted by atomic mass is 32.3. The van der Waals surface area contributed by atoms with Gasteiger partial charge in [0.05, 0.1) is 14.7 Å². The first kappa shape index (κ1) is 16.1. The van der Waals surface area contributed by atoms with Gasteiger partial charge in [-0.1, -0.05) is 24.3 Å². The van der Waals surface area contributed by atoms with Gasteiger partial charge in [0, 0.05) is 12.1 Å². The van der Waals surface area contributed by atoms with Crippen LogP contribution in [0.25, 0.3) is 0 Å². The number of nitrogens with one attached hydrogen (secondary N) is 1. The van der Waals surface area contributed by atoms with Gasteiger partial charge in [0.25, 0.3) is 25.7 Å². The summed E-state index contributed by atoms with van der Waals surface area (Å²) in [7, 11) is -8.77. The van der Waals surface area contributed by atoms with E-state index in [0.717, 1.165) is 24.3 Å². The minimum Gasteiger partial charge on any atom is -0.258 e. The Morgan fingerprint density at radius 1 is 0.818 bits per heavy atom. The van der Waals surface area contributed by atoms with Crippen LogP contribution < -0.4 is 4.13 Å². The highest BCUT2D eigenvalue weighted by Gasteiger charge is 2.25. The van der Waals surface area contributed by atoms with Gasteiger partial charge in [0.2, 0.25) is 0 Å². The summed E-state index contributed by atoms with van der Waals surface area (Å²) < 4.78 is 49.8. The molecule has 10 heteroatoms. The maximum atomic E-state index is 12.1. The molecule has 0 aliphatic carbocycles. The summed E-state index contributed by atoms with van der Waals surface area (Å²) in [4.78, 5) is 9.14. The van der Waals surface area contributed by atoms with Crippen molar-refractivity contribution in [2.75, 3.05) is 0 Å². The van der Waals surface area contributed by atoms with Crippen LogP contribution in [0.5, 0.6) is 0 Å². The number of sulfonamides is 2. The maximum absolute atomic E-state index is 12.1. The van der Waals surface area contributed by atoms with Crippen LogP contribution in [-0.4, -0.2) is 21.8 Å². The second-order valence-electron chi connectivity index (χ2n) is 4.16. The number of hydrogen-bond donors (Lipinski definition) is 1. The third kappa shape index (κ3) is 3.47. The number of benzene rings is 2. The van der Waals surface area contributed by atoms with E-state index in [9.17, 15) is 26.9 Å². The second kappa shape index (κ2) is 5.83. The molecule has 0 saturated heterocycles. The molecule has 2 aromatic rings. The van der Waals surface area contributed by atoms with Gasteiger partial charge in [-0.2, -0.15) is 0 Å². The molecular formula is C12H10N2O6S2. The monoisotopic (exact) mass is 342 g/mol. The number of non-ortho nitro benzene ring substituents is 1. The van der Waals surface area contributed by atoms with E-state index in [1.54, 1.807) is 10.2 Å². The predicted octanol–water partition coefficient (Wildman–Crippen LogP) is 1.26. The van der Waals surface area contributed by atoms with Crippen LogP contribution in [0.4, 0.5) is 5.69 Å². The van der Waals surface area contributed by atoms with Crippen molar-refractivity contribution < 1.29 is 21.8 Å². The van der Waals surface area contributed by atoms with Crippen LogP contribution in [0.2, 0.25) is 0 Å².